The van der Waals surface area contributed by atoms with Crippen LogP contribution in [0.25, 0.3) is 0 Å². The van der Waals surface area contributed by atoms with Gasteiger partial charge in [0.25, 0.3) is 0 Å². The van der Waals surface area contributed by atoms with Gasteiger partial charge in [-0.3, -0.25) is 4.99 Å². The van der Waals surface area contributed by atoms with E-state index in [1.807, 2.05) is 13.8 Å². The average Bonchev–Trinajstić information content (AvgIpc) is 2.71. The van der Waals surface area contributed by atoms with E-state index in [9.17, 15) is 8.42 Å². The van der Waals surface area contributed by atoms with Crippen molar-refractivity contribution in [3.8, 4) is 0 Å². The Hall–Kier alpha value is -1.15. The molecule has 0 saturated carbocycles. The molecule has 126 valence electrons. The zero-order chi connectivity index (χ0) is 17.0. The minimum Gasteiger partial charge on any atom is -0.355 e. The maximum absolute atomic E-state index is 12.0. The minimum absolute atomic E-state index is 0.0761. The summed E-state index contributed by atoms with van der Waals surface area (Å²) in [6.07, 6.45) is 0. The fourth-order valence-corrected chi connectivity index (χ4v) is 3.46. The molecule has 0 aliphatic heterocycles. The number of guanidine groups is 1. The molecule has 1 aromatic rings. The summed E-state index contributed by atoms with van der Waals surface area (Å²) in [5, 5.41) is 7.16. The fourth-order valence-electron chi connectivity index (χ4n) is 1.60. The van der Waals surface area contributed by atoms with E-state index in [1.165, 1.54) is 4.88 Å². The second-order valence-corrected chi connectivity index (χ2v) is 10.2. The van der Waals surface area contributed by atoms with Crippen LogP contribution in [0.3, 0.4) is 0 Å². The molecule has 0 aliphatic carbocycles. The first-order valence-corrected chi connectivity index (χ1v) is 9.63. The molecule has 0 saturated heterocycles. The van der Waals surface area contributed by atoms with Crippen molar-refractivity contribution in [2.45, 2.75) is 45.9 Å². The van der Waals surface area contributed by atoms with Gasteiger partial charge >= 0.3 is 0 Å². The van der Waals surface area contributed by atoms with E-state index in [-0.39, 0.29) is 5.75 Å². The molecule has 8 heteroatoms. The van der Waals surface area contributed by atoms with Crippen molar-refractivity contribution < 1.29 is 8.42 Å². The Kier molecular flexibility index (Phi) is 6.37. The van der Waals surface area contributed by atoms with Gasteiger partial charge in [-0.15, -0.1) is 11.3 Å². The van der Waals surface area contributed by atoms with Gasteiger partial charge in [0.15, 0.2) is 15.8 Å². The van der Waals surface area contributed by atoms with Gasteiger partial charge in [-0.1, -0.05) is 0 Å². The Morgan fingerprint density at radius 1 is 1.27 bits per heavy atom. The zero-order valence-corrected chi connectivity index (χ0v) is 15.8. The second kappa shape index (κ2) is 7.41. The molecule has 0 unspecified atom stereocenters. The molecule has 2 N–H and O–H groups in total. The van der Waals surface area contributed by atoms with Crippen molar-refractivity contribution >= 4 is 27.1 Å². The fraction of sp³-hybridized carbons (Fsp3) is 0.714. The Morgan fingerprint density at radius 3 is 2.36 bits per heavy atom. The molecule has 22 heavy (non-hydrogen) atoms. The molecule has 0 aromatic carbocycles. The lowest BCUT2D eigenvalue weighted by Crippen LogP contribution is -2.41. The summed E-state index contributed by atoms with van der Waals surface area (Å²) >= 11 is 1.65. The van der Waals surface area contributed by atoms with Gasteiger partial charge in [-0.25, -0.2) is 13.4 Å². The second-order valence-electron chi connectivity index (χ2n) is 6.03. The molecule has 1 heterocycles. The number of hydrogen-bond acceptors (Lipinski definition) is 5. The quantitative estimate of drug-likeness (QED) is 0.625. The molecule has 1 rings (SSSR count). The highest BCUT2D eigenvalue weighted by molar-refractivity contribution is 7.92. The molecule has 1 aromatic heterocycles. The molecule has 0 aliphatic rings. The van der Waals surface area contributed by atoms with Crippen LogP contribution in [-0.2, 0) is 16.4 Å². The number of aromatic nitrogens is 1. The predicted molar refractivity (Wildman–Crippen MR) is 93.3 cm³/mol. The van der Waals surface area contributed by atoms with Gasteiger partial charge in [0.1, 0.15) is 5.01 Å². The minimum atomic E-state index is -3.13. The van der Waals surface area contributed by atoms with Crippen molar-refractivity contribution in [2.75, 3.05) is 19.3 Å². The molecular formula is C14H26N4O2S2. The van der Waals surface area contributed by atoms with Crippen LogP contribution in [-0.4, -0.2) is 43.5 Å². The monoisotopic (exact) mass is 346 g/mol. The summed E-state index contributed by atoms with van der Waals surface area (Å²) < 4.78 is 23.3. The SMILES string of the molecule is CN=C(NCCS(=O)(=O)C(C)(C)C)NCc1nc(C)c(C)s1. The first-order chi connectivity index (χ1) is 10.1. The highest BCUT2D eigenvalue weighted by atomic mass is 32.2. The van der Waals surface area contributed by atoms with Crippen LogP contribution in [0.15, 0.2) is 4.99 Å². The molecule has 0 spiro atoms. The third-order valence-corrected chi connectivity index (χ3v) is 6.98. The Balaban J connectivity index is 2.47. The summed E-state index contributed by atoms with van der Waals surface area (Å²) in [5.41, 5.74) is 1.04. The van der Waals surface area contributed by atoms with Gasteiger partial charge in [-0.05, 0) is 34.6 Å². The van der Waals surface area contributed by atoms with Crippen molar-refractivity contribution in [3.05, 3.63) is 15.6 Å². The number of aryl methyl sites for hydroxylation is 2. The van der Waals surface area contributed by atoms with E-state index in [1.54, 1.807) is 39.2 Å². The van der Waals surface area contributed by atoms with Crippen LogP contribution in [0.2, 0.25) is 0 Å². The molecule has 0 bridgehead atoms. The van der Waals surface area contributed by atoms with Crippen LogP contribution in [0.4, 0.5) is 0 Å². The Bertz CT molecular complexity index is 608. The third kappa shape index (κ3) is 5.24. The first kappa shape index (κ1) is 18.9. The molecule has 0 fully saturated rings. The number of nitrogens with one attached hydrogen (secondary N) is 2. The van der Waals surface area contributed by atoms with E-state index >= 15 is 0 Å². The highest BCUT2D eigenvalue weighted by Crippen LogP contribution is 2.16. The van der Waals surface area contributed by atoms with E-state index < -0.39 is 14.6 Å². The summed E-state index contributed by atoms with van der Waals surface area (Å²) in [7, 11) is -1.47. The van der Waals surface area contributed by atoms with Crippen molar-refractivity contribution in [1.29, 1.82) is 0 Å². The van der Waals surface area contributed by atoms with Crippen molar-refractivity contribution in [2.24, 2.45) is 4.99 Å². The number of nitrogens with zero attached hydrogens (tertiary/aromatic N) is 2. The zero-order valence-electron chi connectivity index (χ0n) is 14.1. The van der Waals surface area contributed by atoms with Crippen LogP contribution in [0.1, 0.15) is 36.3 Å². The highest BCUT2D eigenvalue weighted by Gasteiger charge is 2.28. The van der Waals surface area contributed by atoms with Gasteiger partial charge in [-0.2, -0.15) is 0 Å². The van der Waals surface area contributed by atoms with Gasteiger partial charge < -0.3 is 10.6 Å². The summed E-state index contributed by atoms with van der Waals surface area (Å²) in [6.45, 7) is 10.1. The van der Waals surface area contributed by atoms with Crippen LogP contribution in [0.5, 0.6) is 0 Å². The number of hydrogen-bond donors (Lipinski definition) is 2. The Morgan fingerprint density at radius 2 is 1.91 bits per heavy atom. The maximum atomic E-state index is 12.0. The number of thiazole rings is 1. The molecular weight excluding hydrogens is 320 g/mol. The largest absolute Gasteiger partial charge is 0.355 e. The topological polar surface area (TPSA) is 83.5 Å². The lowest BCUT2D eigenvalue weighted by Gasteiger charge is -2.19. The van der Waals surface area contributed by atoms with E-state index in [0.29, 0.717) is 19.0 Å². The smallest absolute Gasteiger partial charge is 0.191 e. The Labute approximate surface area is 137 Å². The molecule has 6 nitrogen and oxygen atoms in total. The number of rotatable bonds is 5. The lowest BCUT2D eigenvalue weighted by molar-refractivity contribution is 0.559. The van der Waals surface area contributed by atoms with Crippen LogP contribution in [0, 0.1) is 13.8 Å². The van der Waals surface area contributed by atoms with E-state index in [4.69, 9.17) is 0 Å². The van der Waals surface area contributed by atoms with Gasteiger partial charge in [0.2, 0.25) is 0 Å². The summed E-state index contributed by atoms with van der Waals surface area (Å²) in [6, 6.07) is 0. The van der Waals surface area contributed by atoms with Crippen LogP contribution >= 0.6 is 11.3 Å². The molecule has 0 radical (unpaired) electrons. The summed E-state index contributed by atoms with van der Waals surface area (Å²) in [5.74, 6) is 0.654. The predicted octanol–water partition coefficient (Wildman–Crippen LogP) is 1.64. The number of sulfone groups is 1. The average molecular weight is 347 g/mol. The third-order valence-electron chi connectivity index (χ3n) is 3.30. The molecule has 0 atom stereocenters. The van der Waals surface area contributed by atoms with Gasteiger partial charge in [0.05, 0.1) is 22.7 Å². The normalized spacial score (nSPS) is 13.3. The number of aliphatic imine (C=N–C) groups is 1. The standard InChI is InChI=1S/C14H26N4O2S2/c1-10-11(2)21-12(18-10)9-17-13(15-6)16-7-8-22(19,20)14(3,4)5/h7-9H2,1-6H3,(H2,15,16,17). The van der Waals surface area contributed by atoms with Crippen molar-refractivity contribution in [3.63, 3.8) is 0 Å². The van der Waals surface area contributed by atoms with E-state index in [0.717, 1.165) is 10.7 Å². The lowest BCUT2D eigenvalue weighted by atomic mass is 10.3. The maximum Gasteiger partial charge on any atom is 0.191 e. The van der Waals surface area contributed by atoms with Crippen molar-refractivity contribution in [1.82, 2.24) is 15.6 Å². The summed E-state index contributed by atoms with van der Waals surface area (Å²) in [4.78, 5) is 9.74. The van der Waals surface area contributed by atoms with Gasteiger partial charge in [0, 0.05) is 18.5 Å². The van der Waals surface area contributed by atoms with Crippen LogP contribution < -0.4 is 10.6 Å². The van der Waals surface area contributed by atoms with E-state index in [2.05, 4.69) is 20.6 Å². The first-order valence-electron chi connectivity index (χ1n) is 7.16. The molecule has 0 amide bonds.